The van der Waals surface area contributed by atoms with Gasteiger partial charge in [0.25, 0.3) is 0 Å². The second kappa shape index (κ2) is 10.1. The second-order valence-electron chi connectivity index (χ2n) is 13.1. The van der Waals surface area contributed by atoms with Crippen LogP contribution in [0.4, 0.5) is 0 Å². The maximum atomic E-state index is 12.3. The zero-order chi connectivity index (χ0) is 26.6. The highest BCUT2D eigenvalue weighted by Crippen LogP contribution is 2.68. The Morgan fingerprint density at radius 2 is 1.75 bits per heavy atom. The molecule has 0 unspecified atom stereocenters. The van der Waals surface area contributed by atoms with E-state index in [-0.39, 0.29) is 65.4 Å². The van der Waals surface area contributed by atoms with Gasteiger partial charge in [0.15, 0.2) is 0 Å². The fourth-order valence-corrected chi connectivity index (χ4v) is 9.43. The normalized spacial score (nSPS) is 46.2. The van der Waals surface area contributed by atoms with Crippen molar-refractivity contribution >= 4 is 16.0 Å². The Morgan fingerprint density at radius 3 is 2.42 bits per heavy atom. The van der Waals surface area contributed by atoms with Crippen molar-refractivity contribution < 1.29 is 33.1 Å². The summed E-state index contributed by atoms with van der Waals surface area (Å²) >= 11 is 0. The molecule has 36 heavy (non-hydrogen) atoms. The Hall–Kier alpha value is -0.740. The highest BCUT2D eigenvalue weighted by Gasteiger charge is 2.65. The average molecular weight is 529 g/mol. The zero-order valence-corrected chi connectivity index (χ0v) is 23.0. The molecule has 0 radical (unpaired) electrons. The van der Waals surface area contributed by atoms with Crippen molar-refractivity contribution in [2.45, 2.75) is 109 Å². The van der Waals surface area contributed by atoms with Gasteiger partial charge >= 0.3 is 0 Å². The van der Waals surface area contributed by atoms with Crippen molar-refractivity contribution in [3.8, 4) is 0 Å². The van der Waals surface area contributed by atoms with Crippen molar-refractivity contribution in [2.75, 3.05) is 6.54 Å². The topological polar surface area (TPSA) is 147 Å². The Kier molecular flexibility index (Phi) is 7.93. The van der Waals surface area contributed by atoms with Gasteiger partial charge in [0.2, 0.25) is 5.91 Å². The van der Waals surface area contributed by atoms with E-state index in [1.54, 1.807) is 0 Å². The molecule has 4 aliphatic carbocycles. The van der Waals surface area contributed by atoms with Crippen molar-refractivity contribution in [1.29, 1.82) is 0 Å². The minimum absolute atomic E-state index is 0.0436. The van der Waals surface area contributed by atoms with Gasteiger partial charge < -0.3 is 25.2 Å². The van der Waals surface area contributed by atoms with Gasteiger partial charge in [-0.2, -0.15) is 0 Å². The summed E-state index contributed by atoms with van der Waals surface area (Å²) in [6.45, 7) is 7.76. The molecule has 0 heterocycles. The van der Waals surface area contributed by atoms with Crippen LogP contribution in [0, 0.1) is 46.3 Å². The fourth-order valence-electron chi connectivity index (χ4n) is 9.14. The molecule has 0 aromatic rings. The van der Waals surface area contributed by atoms with E-state index in [0.29, 0.717) is 18.8 Å². The first-order valence-electron chi connectivity index (χ1n) is 13.9. The Labute approximate surface area is 216 Å². The molecule has 0 aliphatic heterocycles. The van der Waals surface area contributed by atoms with Crippen molar-refractivity contribution in [1.82, 2.24) is 5.32 Å². The van der Waals surface area contributed by atoms with Crippen LogP contribution in [0.15, 0.2) is 0 Å². The van der Waals surface area contributed by atoms with E-state index in [1.807, 2.05) is 0 Å². The van der Waals surface area contributed by atoms with Crippen molar-refractivity contribution in [2.24, 2.45) is 46.3 Å². The smallest absolute Gasteiger partial charge is 0.220 e. The van der Waals surface area contributed by atoms with Gasteiger partial charge in [-0.15, -0.1) is 0 Å². The standard InChI is InChI=1S/C27H47NO7S/c1-15(5-8-24(32)28-14-16(2)36(33,34)35)19-6-7-20-25-21(13-23(31)27(19,20)4)26(3)10-9-18(29)11-17(26)12-22(25)30/h15-23,25,29-31H,5-14H2,1-4H3,(H,28,32)(H,33,34,35)/p-1/t15-,16+,17+,18-,19-,20+,21+,22-,23+,25+,26+,27-/m1/s1. The summed E-state index contributed by atoms with van der Waals surface area (Å²) in [6.07, 6.45) is 5.54. The van der Waals surface area contributed by atoms with E-state index in [1.165, 1.54) is 6.92 Å². The summed E-state index contributed by atoms with van der Waals surface area (Å²) in [7, 11) is -4.42. The first-order valence-corrected chi connectivity index (χ1v) is 15.4. The van der Waals surface area contributed by atoms with E-state index in [2.05, 4.69) is 26.1 Å². The van der Waals surface area contributed by atoms with Crippen LogP contribution in [0.25, 0.3) is 0 Å². The highest BCUT2D eigenvalue weighted by atomic mass is 32.2. The zero-order valence-electron chi connectivity index (χ0n) is 22.2. The van der Waals surface area contributed by atoms with E-state index < -0.39 is 27.6 Å². The summed E-state index contributed by atoms with van der Waals surface area (Å²) in [5.74, 6) is 1.10. The van der Waals surface area contributed by atoms with E-state index >= 15 is 0 Å². The lowest BCUT2D eigenvalue weighted by Crippen LogP contribution is -2.62. The first-order chi connectivity index (χ1) is 16.7. The summed E-state index contributed by atoms with van der Waals surface area (Å²) < 4.78 is 33.2. The Balaban J connectivity index is 1.43. The fraction of sp³-hybridized carbons (Fsp3) is 0.963. The summed E-state index contributed by atoms with van der Waals surface area (Å²) in [5.41, 5.74) is -0.275. The summed E-state index contributed by atoms with van der Waals surface area (Å²) in [4.78, 5) is 12.3. The molecule has 0 aromatic carbocycles. The number of aliphatic hydroxyl groups is 3. The molecule has 4 saturated carbocycles. The van der Waals surface area contributed by atoms with Crippen LogP contribution in [0.2, 0.25) is 0 Å². The highest BCUT2D eigenvalue weighted by molar-refractivity contribution is 7.86. The third-order valence-corrected chi connectivity index (χ3v) is 12.6. The summed E-state index contributed by atoms with van der Waals surface area (Å²) in [6, 6.07) is 0. The molecule has 4 N–H and O–H groups in total. The molecule has 4 rings (SSSR count). The largest absolute Gasteiger partial charge is 0.748 e. The quantitative estimate of drug-likeness (QED) is 0.371. The number of fused-ring (bicyclic) bond motifs is 5. The Bertz CT molecular complexity index is 927. The number of nitrogens with one attached hydrogen (secondary N) is 1. The van der Waals surface area contributed by atoms with Crippen LogP contribution >= 0.6 is 0 Å². The summed E-state index contributed by atoms with van der Waals surface area (Å²) in [5, 5.41) is 34.7. The van der Waals surface area contributed by atoms with Crippen LogP contribution in [0.1, 0.15) is 85.5 Å². The first kappa shape index (κ1) is 28.3. The third kappa shape index (κ3) is 4.88. The molecule has 12 atom stereocenters. The van der Waals surface area contributed by atoms with E-state index in [9.17, 15) is 33.1 Å². The van der Waals surface area contributed by atoms with Gasteiger partial charge in [0.05, 0.1) is 33.7 Å². The van der Waals surface area contributed by atoms with Gasteiger partial charge in [-0.25, -0.2) is 8.42 Å². The molecule has 4 aliphatic rings. The van der Waals surface area contributed by atoms with Crippen LogP contribution in [-0.4, -0.2) is 64.3 Å². The number of rotatable bonds is 7. The monoisotopic (exact) mass is 528 g/mol. The lowest BCUT2D eigenvalue weighted by molar-refractivity contribution is -0.207. The number of hydrogen-bond acceptors (Lipinski definition) is 7. The SMILES string of the molecule is C[C@H](CCC(=O)NC[C@H](C)S(=O)(=O)[O-])[C@H]1CC[C@H]2[C@@H]3[C@H](O)C[C@@H]4C[C@H](O)CC[C@]4(C)[C@H]3C[C@H](O)[C@]12C. The molecule has 4 fully saturated rings. The number of aliphatic hydroxyl groups excluding tert-OH is 3. The minimum atomic E-state index is -4.42. The van der Waals surface area contributed by atoms with Gasteiger partial charge in [0.1, 0.15) is 0 Å². The molecular formula is C27H46NO7S-. The van der Waals surface area contributed by atoms with Crippen LogP contribution in [0.5, 0.6) is 0 Å². The maximum absolute atomic E-state index is 12.3. The van der Waals surface area contributed by atoms with Gasteiger partial charge in [0, 0.05) is 13.0 Å². The van der Waals surface area contributed by atoms with Crippen molar-refractivity contribution in [3.63, 3.8) is 0 Å². The van der Waals surface area contributed by atoms with Gasteiger partial charge in [-0.05, 0) is 105 Å². The van der Waals surface area contributed by atoms with E-state index in [4.69, 9.17) is 0 Å². The molecule has 8 nitrogen and oxygen atoms in total. The molecule has 208 valence electrons. The molecule has 0 spiro atoms. The van der Waals surface area contributed by atoms with E-state index in [0.717, 1.165) is 38.5 Å². The molecule has 0 aromatic heterocycles. The number of carbonyl (C=O) groups excluding carboxylic acids is 1. The maximum Gasteiger partial charge on any atom is 0.220 e. The predicted molar refractivity (Wildman–Crippen MR) is 135 cm³/mol. The molecule has 1 amide bonds. The molecular weight excluding hydrogens is 482 g/mol. The second-order valence-corrected chi connectivity index (χ2v) is 14.9. The number of amides is 1. The molecule has 0 saturated heterocycles. The van der Waals surface area contributed by atoms with Crippen LogP contribution < -0.4 is 5.32 Å². The van der Waals surface area contributed by atoms with Crippen LogP contribution in [-0.2, 0) is 14.9 Å². The molecule has 9 heteroatoms. The van der Waals surface area contributed by atoms with Crippen LogP contribution in [0.3, 0.4) is 0 Å². The lowest BCUT2D eigenvalue weighted by Gasteiger charge is -2.63. The lowest BCUT2D eigenvalue weighted by atomic mass is 9.43. The molecule has 0 bridgehead atoms. The number of hydrogen-bond donors (Lipinski definition) is 4. The third-order valence-electron chi connectivity index (χ3n) is 11.4. The van der Waals surface area contributed by atoms with Crippen molar-refractivity contribution in [3.05, 3.63) is 0 Å². The Morgan fingerprint density at radius 1 is 1.06 bits per heavy atom. The number of carbonyl (C=O) groups is 1. The minimum Gasteiger partial charge on any atom is -0.748 e. The predicted octanol–water partition coefficient (Wildman–Crippen LogP) is 2.41. The van der Waals surface area contributed by atoms with Gasteiger partial charge in [-0.1, -0.05) is 20.8 Å². The average Bonchev–Trinajstić information content (AvgIpc) is 3.15. The van der Waals surface area contributed by atoms with Gasteiger partial charge in [-0.3, -0.25) is 4.79 Å².